The third-order valence-corrected chi connectivity index (χ3v) is 4.86. The summed E-state index contributed by atoms with van der Waals surface area (Å²) in [5.41, 5.74) is 7.22. The van der Waals surface area contributed by atoms with Crippen LogP contribution in [0, 0.1) is 33.5 Å². The third-order valence-electron chi connectivity index (χ3n) is 4.86. The largest absolute Gasteiger partial charge is 0.340 e. The normalized spacial score (nSPS) is 11.1. The highest BCUT2D eigenvalue weighted by Crippen LogP contribution is 2.32. The lowest BCUT2D eigenvalue weighted by Crippen LogP contribution is -2.00. The molecule has 0 spiro atoms. The van der Waals surface area contributed by atoms with Crippen molar-refractivity contribution >= 4 is 22.5 Å². The van der Waals surface area contributed by atoms with E-state index in [9.17, 15) is 4.39 Å². The molecule has 27 heavy (non-hydrogen) atoms. The lowest BCUT2D eigenvalue weighted by Gasteiger charge is -2.10. The van der Waals surface area contributed by atoms with E-state index < -0.39 is 0 Å². The SMILES string of the molecule is Cc1cc(C)cc(Nc2ncnc3c2c(C)c(C)n3-c2ccc(F)cc2)c1. The van der Waals surface area contributed by atoms with Crippen molar-refractivity contribution in [3.63, 3.8) is 0 Å². The number of anilines is 2. The first-order valence-corrected chi connectivity index (χ1v) is 8.88. The molecule has 0 aliphatic carbocycles. The maximum atomic E-state index is 13.3. The molecule has 0 unspecified atom stereocenters. The Morgan fingerprint density at radius 2 is 1.56 bits per heavy atom. The van der Waals surface area contributed by atoms with Crippen LogP contribution in [-0.2, 0) is 0 Å². The molecule has 0 saturated heterocycles. The van der Waals surface area contributed by atoms with E-state index in [4.69, 9.17) is 0 Å². The Labute approximate surface area is 157 Å². The number of hydrogen-bond acceptors (Lipinski definition) is 3. The van der Waals surface area contributed by atoms with Crippen molar-refractivity contribution < 1.29 is 4.39 Å². The Hall–Kier alpha value is -3.21. The summed E-state index contributed by atoms with van der Waals surface area (Å²) >= 11 is 0. The van der Waals surface area contributed by atoms with Crippen molar-refractivity contribution in [1.29, 1.82) is 0 Å². The number of aromatic nitrogens is 3. The summed E-state index contributed by atoms with van der Waals surface area (Å²) in [5.74, 6) is 0.517. The first kappa shape index (κ1) is 17.2. The molecule has 4 nitrogen and oxygen atoms in total. The van der Waals surface area contributed by atoms with Gasteiger partial charge in [-0.3, -0.25) is 4.57 Å². The molecule has 0 saturated carbocycles. The summed E-state index contributed by atoms with van der Waals surface area (Å²) in [6.45, 7) is 8.26. The van der Waals surface area contributed by atoms with Crippen LogP contribution >= 0.6 is 0 Å². The van der Waals surface area contributed by atoms with Gasteiger partial charge in [0.05, 0.1) is 5.39 Å². The van der Waals surface area contributed by atoms with Crippen LogP contribution in [-0.4, -0.2) is 14.5 Å². The van der Waals surface area contributed by atoms with E-state index in [0.29, 0.717) is 0 Å². The lowest BCUT2D eigenvalue weighted by atomic mass is 10.1. The van der Waals surface area contributed by atoms with Gasteiger partial charge in [-0.1, -0.05) is 6.07 Å². The number of rotatable bonds is 3. The predicted octanol–water partition coefficient (Wildman–Crippen LogP) is 5.54. The van der Waals surface area contributed by atoms with Crippen LogP contribution in [0.15, 0.2) is 48.8 Å². The van der Waals surface area contributed by atoms with E-state index >= 15 is 0 Å². The van der Waals surface area contributed by atoms with Crippen LogP contribution < -0.4 is 5.32 Å². The molecule has 0 bridgehead atoms. The van der Waals surface area contributed by atoms with Crippen molar-refractivity contribution in [3.8, 4) is 5.69 Å². The molecule has 0 amide bonds. The van der Waals surface area contributed by atoms with Gasteiger partial charge < -0.3 is 5.32 Å². The quantitative estimate of drug-likeness (QED) is 0.522. The number of nitrogens with zero attached hydrogens (tertiary/aromatic N) is 3. The lowest BCUT2D eigenvalue weighted by molar-refractivity contribution is 0.627. The fourth-order valence-electron chi connectivity index (χ4n) is 3.58. The molecule has 2 aromatic heterocycles. The molecule has 4 aromatic rings. The van der Waals surface area contributed by atoms with Gasteiger partial charge in [0, 0.05) is 17.1 Å². The summed E-state index contributed by atoms with van der Waals surface area (Å²) in [6.07, 6.45) is 1.56. The summed E-state index contributed by atoms with van der Waals surface area (Å²) in [7, 11) is 0. The Bertz CT molecular complexity index is 1120. The van der Waals surface area contributed by atoms with Crippen LogP contribution in [0.2, 0.25) is 0 Å². The minimum absolute atomic E-state index is 0.253. The van der Waals surface area contributed by atoms with Crippen LogP contribution in [0.4, 0.5) is 15.9 Å². The first-order chi connectivity index (χ1) is 12.9. The molecule has 5 heteroatoms. The standard InChI is InChI=1S/C22H21FN4/c1-13-9-14(2)11-18(10-13)26-21-20-15(3)16(4)27(22(20)25-12-24-21)19-7-5-17(23)6-8-19/h5-12H,1-4H3,(H,24,25,26). The Balaban J connectivity index is 1.89. The van der Waals surface area contributed by atoms with Gasteiger partial charge in [0.25, 0.3) is 0 Å². The van der Waals surface area contributed by atoms with Crippen molar-refractivity contribution in [3.05, 3.63) is 77.0 Å². The summed E-state index contributed by atoms with van der Waals surface area (Å²) in [6, 6.07) is 12.8. The van der Waals surface area contributed by atoms with Crippen molar-refractivity contribution in [2.75, 3.05) is 5.32 Å². The minimum atomic E-state index is -0.253. The minimum Gasteiger partial charge on any atom is -0.340 e. The highest BCUT2D eigenvalue weighted by molar-refractivity contribution is 5.94. The highest BCUT2D eigenvalue weighted by atomic mass is 19.1. The summed E-state index contributed by atoms with van der Waals surface area (Å²) in [5, 5.41) is 4.42. The molecular weight excluding hydrogens is 339 g/mol. The van der Waals surface area contributed by atoms with Gasteiger partial charge in [-0.25, -0.2) is 14.4 Å². The van der Waals surface area contributed by atoms with E-state index in [-0.39, 0.29) is 5.82 Å². The van der Waals surface area contributed by atoms with Crippen LogP contribution in [0.5, 0.6) is 0 Å². The Kier molecular flexibility index (Phi) is 4.15. The number of fused-ring (bicyclic) bond motifs is 1. The van der Waals surface area contributed by atoms with E-state index in [0.717, 1.165) is 39.5 Å². The number of nitrogens with one attached hydrogen (secondary N) is 1. The summed E-state index contributed by atoms with van der Waals surface area (Å²) < 4.78 is 15.4. The molecule has 2 aromatic carbocycles. The van der Waals surface area contributed by atoms with Crippen LogP contribution in [0.1, 0.15) is 22.4 Å². The van der Waals surface area contributed by atoms with Crippen molar-refractivity contribution in [2.45, 2.75) is 27.7 Å². The molecule has 1 N–H and O–H groups in total. The van der Waals surface area contributed by atoms with Gasteiger partial charge in [0.2, 0.25) is 0 Å². The fraction of sp³-hybridized carbons (Fsp3) is 0.182. The van der Waals surface area contributed by atoms with Crippen molar-refractivity contribution in [2.24, 2.45) is 0 Å². The molecule has 4 rings (SSSR count). The third kappa shape index (κ3) is 3.05. The highest BCUT2D eigenvalue weighted by Gasteiger charge is 2.18. The predicted molar refractivity (Wildman–Crippen MR) is 107 cm³/mol. The molecule has 0 atom stereocenters. The Morgan fingerprint density at radius 1 is 0.889 bits per heavy atom. The van der Waals surface area contributed by atoms with Gasteiger partial charge in [-0.2, -0.15) is 0 Å². The fourth-order valence-corrected chi connectivity index (χ4v) is 3.58. The average molecular weight is 360 g/mol. The zero-order valence-corrected chi connectivity index (χ0v) is 15.8. The van der Waals surface area contributed by atoms with Crippen LogP contribution in [0.25, 0.3) is 16.7 Å². The van der Waals surface area contributed by atoms with E-state index in [1.165, 1.54) is 23.3 Å². The monoisotopic (exact) mass is 360 g/mol. The number of benzene rings is 2. The molecule has 2 heterocycles. The van der Waals surface area contributed by atoms with Crippen molar-refractivity contribution in [1.82, 2.24) is 14.5 Å². The average Bonchev–Trinajstić information content (AvgIpc) is 2.87. The second kappa shape index (κ2) is 6.50. The molecular formula is C22H21FN4. The number of hydrogen-bond donors (Lipinski definition) is 1. The zero-order chi connectivity index (χ0) is 19.1. The molecule has 0 fully saturated rings. The second-order valence-corrected chi connectivity index (χ2v) is 6.94. The maximum Gasteiger partial charge on any atom is 0.150 e. The Morgan fingerprint density at radius 3 is 2.22 bits per heavy atom. The van der Waals surface area contributed by atoms with Gasteiger partial charge in [-0.05, 0) is 80.8 Å². The molecule has 0 aliphatic heterocycles. The van der Waals surface area contributed by atoms with E-state index in [1.54, 1.807) is 18.5 Å². The van der Waals surface area contributed by atoms with E-state index in [1.807, 2.05) is 11.5 Å². The second-order valence-electron chi connectivity index (χ2n) is 6.94. The zero-order valence-electron chi connectivity index (χ0n) is 15.8. The van der Waals surface area contributed by atoms with Gasteiger partial charge in [0.1, 0.15) is 18.0 Å². The number of halogens is 1. The van der Waals surface area contributed by atoms with Gasteiger partial charge >= 0.3 is 0 Å². The maximum absolute atomic E-state index is 13.3. The molecule has 0 radical (unpaired) electrons. The summed E-state index contributed by atoms with van der Waals surface area (Å²) in [4.78, 5) is 9.01. The molecule has 136 valence electrons. The van der Waals surface area contributed by atoms with Crippen LogP contribution in [0.3, 0.4) is 0 Å². The number of aryl methyl sites for hydroxylation is 3. The van der Waals surface area contributed by atoms with Gasteiger partial charge in [-0.15, -0.1) is 0 Å². The smallest absolute Gasteiger partial charge is 0.150 e. The topological polar surface area (TPSA) is 42.7 Å². The molecule has 0 aliphatic rings. The van der Waals surface area contributed by atoms with Gasteiger partial charge in [0.15, 0.2) is 5.65 Å². The van der Waals surface area contributed by atoms with E-state index in [2.05, 4.69) is 54.3 Å². The first-order valence-electron chi connectivity index (χ1n) is 8.88.